The van der Waals surface area contributed by atoms with E-state index in [4.69, 9.17) is 4.74 Å². The summed E-state index contributed by atoms with van der Waals surface area (Å²) in [5.74, 6) is 0.662. The monoisotopic (exact) mass is 290 g/mol. The smallest absolute Gasteiger partial charge is 0.260 e. The fraction of sp³-hybridized carbons (Fsp3) is 0.267. The molecule has 0 aliphatic carbocycles. The maximum Gasteiger partial charge on any atom is 0.260 e. The minimum Gasteiger partial charge on any atom is -0.484 e. The minimum atomic E-state index is -0.0334. The standard InChI is InChI=1S/C15H18N2O2S/c1-16-13-3-5-14(6-4-13)19-10-15(18)17(2)9-12-7-8-20-11-12/h3-8,11,16H,9-10H2,1-2H3. The lowest BCUT2D eigenvalue weighted by Crippen LogP contribution is -2.30. The molecule has 20 heavy (non-hydrogen) atoms. The molecule has 5 heteroatoms. The number of hydrogen-bond acceptors (Lipinski definition) is 4. The van der Waals surface area contributed by atoms with Crippen molar-refractivity contribution in [3.63, 3.8) is 0 Å². The summed E-state index contributed by atoms with van der Waals surface area (Å²) in [6, 6.07) is 9.53. The Balaban J connectivity index is 1.81. The van der Waals surface area contributed by atoms with Crippen molar-refractivity contribution in [3.05, 3.63) is 46.7 Å². The van der Waals surface area contributed by atoms with Gasteiger partial charge in [0.1, 0.15) is 5.75 Å². The Morgan fingerprint density at radius 1 is 1.30 bits per heavy atom. The first-order valence-corrected chi connectivity index (χ1v) is 7.29. The number of carbonyl (C=O) groups excluding carboxylic acids is 1. The maximum absolute atomic E-state index is 12.0. The second-order valence-corrected chi connectivity index (χ2v) is 5.22. The first-order chi connectivity index (χ1) is 9.69. The highest BCUT2D eigenvalue weighted by Crippen LogP contribution is 2.15. The van der Waals surface area contributed by atoms with Gasteiger partial charge in [-0.2, -0.15) is 11.3 Å². The summed E-state index contributed by atoms with van der Waals surface area (Å²) in [5.41, 5.74) is 2.16. The van der Waals surface area contributed by atoms with Gasteiger partial charge in [-0.3, -0.25) is 4.79 Å². The second kappa shape index (κ2) is 6.96. The van der Waals surface area contributed by atoms with Crippen LogP contribution in [0, 0.1) is 0 Å². The number of ether oxygens (including phenoxy) is 1. The molecule has 0 saturated heterocycles. The highest BCUT2D eigenvalue weighted by atomic mass is 32.1. The van der Waals surface area contributed by atoms with E-state index in [1.807, 2.05) is 48.1 Å². The molecule has 4 nitrogen and oxygen atoms in total. The summed E-state index contributed by atoms with van der Waals surface area (Å²) in [7, 11) is 3.65. The number of rotatable bonds is 6. The third kappa shape index (κ3) is 3.99. The number of nitrogens with one attached hydrogen (secondary N) is 1. The molecule has 1 amide bonds. The van der Waals surface area contributed by atoms with Crippen LogP contribution in [0.25, 0.3) is 0 Å². The molecule has 0 aliphatic rings. The molecular weight excluding hydrogens is 272 g/mol. The van der Waals surface area contributed by atoms with E-state index in [9.17, 15) is 4.79 Å². The van der Waals surface area contributed by atoms with Gasteiger partial charge in [0.15, 0.2) is 6.61 Å². The predicted octanol–water partition coefficient (Wildman–Crippen LogP) is 2.83. The third-order valence-electron chi connectivity index (χ3n) is 2.93. The highest BCUT2D eigenvalue weighted by Gasteiger charge is 2.10. The fourth-order valence-electron chi connectivity index (χ4n) is 1.72. The molecular formula is C15H18N2O2S. The average molecular weight is 290 g/mol. The van der Waals surface area contributed by atoms with E-state index in [0.717, 1.165) is 11.3 Å². The van der Waals surface area contributed by atoms with Crippen molar-refractivity contribution in [1.29, 1.82) is 0 Å². The van der Waals surface area contributed by atoms with Gasteiger partial charge in [-0.25, -0.2) is 0 Å². The van der Waals surface area contributed by atoms with Gasteiger partial charge in [0, 0.05) is 26.3 Å². The van der Waals surface area contributed by atoms with E-state index in [0.29, 0.717) is 12.3 Å². The summed E-state index contributed by atoms with van der Waals surface area (Å²) in [6.07, 6.45) is 0. The number of amides is 1. The van der Waals surface area contributed by atoms with Crippen LogP contribution in [0.3, 0.4) is 0 Å². The van der Waals surface area contributed by atoms with E-state index >= 15 is 0 Å². The zero-order valence-electron chi connectivity index (χ0n) is 11.6. The summed E-state index contributed by atoms with van der Waals surface area (Å²) in [5, 5.41) is 7.08. The molecule has 0 unspecified atom stereocenters. The third-order valence-corrected chi connectivity index (χ3v) is 3.66. The molecule has 0 bridgehead atoms. The van der Waals surface area contributed by atoms with Crippen molar-refractivity contribution in [2.45, 2.75) is 6.54 Å². The lowest BCUT2D eigenvalue weighted by Gasteiger charge is -2.16. The molecule has 0 atom stereocenters. The number of benzene rings is 1. The minimum absolute atomic E-state index is 0.0334. The summed E-state index contributed by atoms with van der Waals surface area (Å²) in [4.78, 5) is 13.6. The average Bonchev–Trinajstić information content (AvgIpc) is 2.98. The van der Waals surface area contributed by atoms with E-state index in [-0.39, 0.29) is 12.5 Å². The molecule has 0 aliphatic heterocycles. The number of anilines is 1. The van der Waals surface area contributed by atoms with Gasteiger partial charge in [-0.05, 0) is 46.7 Å². The number of nitrogens with zero attached hydrogens (tertiary/aromatic N) is 1. The van der Waals surface area contributed by atoms with E-state index in [2.05, 4.69) is 5.32 Å². The molecule has 1 aromatic carbocycles. The van der Waals surface area contributed by atoms with Crippen LogP contribution in [0.5, 0.6) is 5.75 Å². The van der Waals surface area contributed by atoms with Gasteiger partial charge in [-0.1, -0.05) is 0 Å². The van der Waals surface area contributed by atoms with Crippen molar-refractivity contribution in [2.75, 3.05) is 26.0 Å². The first-order valence-electron chi connectivity index (χ1n) is 6.34. The highest BCUT2D eigenvalue weighted by molar-refractivity contribution is 7.07. The second-order valence-electron chi connectivity index (χ2n) is 4.44. The number of thiophene rings is 1. The van der Waals surface area contributed by atoms with Crippen molar-refractivity contribution < 1.29 is 9.53 Å². The zero-order valence-corrected chi connectivity index (χ0v) is 12.4. The van der Waals surface area contributed by atoms with Crippen molar-refractivity contribution in [1.82, 2.24) is 4.90 Å². The molecule has 1 heterocycles. The quantitative estimate of drug-likeness (QED) is 0.889. The Morgan fingerprint density at radius 2 is 2.05 bits per heavy atom. The largest absolute Gasteiger partial charge is 0.484 e. The van der Waals surface area contributed by atoms with E-state index < -0.39 is 0 Å². The van der Waals surface area contributed by atoms with E-state index in [1.54, 1.807) is 23.3 Å². The number of hydrogen-bond donors (Lipinski definition) is 1. The van der Waals surface area contributed by atoms with Crippen molar-refractivity contribution in [2.24, 2.45) is 0 Å². The van der Waals surface area contributed by atoms with Crippen LogP contribution < -0.4 is 10.1 Å². The Labute approximate surface area is 123 Å². The van der Waals surface area contributed by atoms with Gasteiger partial charge < -0.3 is 15.0 Å². The fourth-order valence-corrected chi connectivity index (χ4v) is 2.38. The summed E-state index contributed by atoms with van der Waals surface area (Å²) in [6.45, 7) is 0.671. The molecule has 0 saturated carbocycles. The van der Waals surface area contributed by atoms with Crippen LogP contribution in [-0.2, 0) is 11.3 Å². The van der Waals surface area contributed by atoms with Crippen LogP contribution in [0.2, 0.25) is 0 Å². The lowest BCUT2D eigenvalue weighted by molar-refractivity contribution is -0.132. The Hall–Kier alpha value is -2.01. The first kappa shape index (κ1) is 14.4. The zero-order chi connectivity index (χ0) is 14.4. The topological polar surface area (TPSA) is 41.6 Å². The molecule has 106 valence electrons. The van der Waals surface area contributed by atoms with Crippen LogP contribution in [0.15, 0.2) is 41.1 Å². The Kier molecular flexibility index (Phi) is 5.01. The van der Waals surface area contributed by atoms with Crippen LogP contribution in [0.1, 0.15) is 5.56 Å². The summed E-state index contributed by atoms with van der Waals surface area (Å²) < 4.78 is 5.49. The van der Waals surface area contributed by atoms with Gasteiger partial charge in [0.05, 0.1) is 0 Å². The lowest BCUT2D eigenvalue weighted by atomic mass is 10.3. The summed E-state index contributed by atoms with van der Waals surface area (Å²) >= 11 is 1.63. The maximum atomic E-state index is 12.0. The van der Waals surface area contributed by atoms with Crippen molar-refractivity contribution >= 4 is 22.9 Å². The van der Waals surface area contributed by atoms with E-state index in [1.165, 1.54) is 0 Å². The molecule has 2 rings (SSSR count). The Morgan fingerprint density at radius 3 is 2.65 bits per heavy atom. The molecule has 2 aromatic rings. The Bertz CT molecular complexity index is 538. The van der Waals surface area contributed by atoms with Crippen molar-refractivity contribution in [3.8, 4) is 5.75 Å². The van der Waals surface area contributed by atoms with Gasteiger partial charge in [0.2, 0.25) is 0 Å². The van der Waals surface area contributed by atoms with Crippen LogP contribution in [0.4, 0.5) is 5.69 Å². The molecule has 1 aromatic heterocycles. The molecule has 0 spiro atoms. The number of likely N-dealkylation sites (N-methyl/N-ethyl adjacent to an activating group) is 1. The number of carbonyl (C=O) groups is 1. The molecule has 0 radical (unpaired) electrons. The SMILES string of the molecule is CNc1ccc(OCC(=O)N(C)Cc2ccsc2)cc1. The molecule has 1 N–H and O–H groups in total. The van der Waals surface area contributed by atoms with Gasteiger partial charge in [0.25, 0.3) is 5.91 Å². The van der Waals surface area contributed by atoms with Gasteiger partial charge in [-0.15, -0.1) is 0 Å². The molecule has 0 fully saturated rings. The normalized spacial score (nSPS) is 10.1. The van der Waals surface area contributed by atoms with Crippen LogP contribution >= 0.6 is 11.3 Å². The van der Waals surface area contributed by atoms with Crippen LogP contribution in [-0.4, -0.2) is 31.5 Å². The van der Waals surface area contributed by atoms with Gasteiger partial charge >= 0.3 is 0 Å². The predicted molar refractivity (Wildman–Crippen MR) is 82.3 cm³/mol.